The summed E-state index contributed by atoms with van der Waals surface area (Å²) in [5.74, 6) is 0.541. The summed E-state index contributed by atoms with van der Waals surface area (Å²) in [5, 5.41) is 0. The van der Waals surface area contributed by atoms with Gasteiger partial charge in [0.2, 0.25) is 0 Å². The number of hydrogen-bond acceptors (Lipinski definition) is 5. The second-order valence-electron chi connectivity index (χ2n) is 7.66. The molecule has 0 spiro atoms. The minimum absolute atomic E-state index is 0.123. The maximum Gasteiger partial charge on any atom is 0.306 e. The van der Waals surface area contributed by atoms with Crippen molar-refractivity contribution in [3.8, 4) is 0 Å². The number of epoxide rings is 1. The van der Waals surface area contributed by atoms with Gasteiger partial charge in [-0.15, -0.1) is 0 Å². The standard InChI is InChI=1S/C17H28O5/c1-12(8-17(2,3)10-20-11-18)6-16(19)21-9-13-4-5-14-15(7-13)22-14/h11-15H,4-10H2,1-3H3. The van der Waals surface area contributed by atoms with Crippen LogP contribution < -0.4 is 0 Å². The molecular formula is C17H28O5. The highest BCUT2D eigenvalue weighted by atomic mass is 16.6. The van der Waals surface area contributed by atoms with Crippen LogP contribution in [0, 0.1) is 17.3 Å². The Morgan fingerprint density at radius 2 is 2.14 bits per heavy atom. The topological polar surface area (TPSA) is 65.1 Å². The Labute approximate surface area is 132 Å². The zero-order chi connectivity index (χ0) is 16.2. The molecule has 2 fully saturated rings. The van der Waals surface area contributed by atoms with Gasteiger partial charge < -0.3 is 14.2 Å². The van der Waals surface area contributed by atoms with Gasteiger partial charge in [-0.25, -0.2) is 0 Å². The van der Waals surface area contributed by atoms with Crippen molar-refractivity contribution in [2.24, 2.45) is 17.3 Å². The Balaban J connectivity index is 1.62. The second-order valence-corrected chi connectivity index (χ2v) is 7.66. The van der Waals surface area contributed by atoms with Crippen molar-refractivity contribution in [1.82, 2.24) is 0 Å². The van der Waals surface area contributed by atoms with Gasteiger partial charge in [-0.05, 0) is 42.9 Å². The molecule has 0 N–H and O–H groups in total. The summed E-state index contributed by atoms with van der Waals surface area (Å²) in [7, 11) is 0. The van der Waals surface area contributed by atoms with Crippen molar-refractivity contribution in [3.63, 3.8) is 0 Å². The Kier molecular flexibility index (Phi) is 5.84. The van der Waals surface area contributed by atoms with Crippen LogP contribution in [-0.4, -0.2) is 37.9 Å². The lowest BCUT2D eigenvalue weighted by molar-refractivity contribution is -0.146. The molecule has 5 nitrogen and oxygen atoms in total. The SMILES string of the molecule is CC(CC(=O)OCC1CCC2OC2C1)CC(C)(C)COC=O. The van der Waals surface area contributed by atoms with Gasteiger partial charge in [0.05, 0.1) is 25.4 Å². The van der Waals surface area contributed by atoms with E-state index in [1.165, 1.54) is 0 Å². The minimum Gasteiger partial charge on any atom is -0.467 e. The molecule has 126 valence electrons. The van der Waals surface area contributed by atoms with Gasteiger partial charge in [0, 0.05) is 6.42 Å². The van der Waals surface area contributed by atoms with Crippen LogP contribution in [0.4, 0.5) is 0 Å². The lowest BCUT2D eigenvalue weighted by atomic mass is 9.83. The summed E-state index contributed by atoms with van der Waals surface area (Å²) in [6.07, 6.45) is 5.38. The number of carbonyl (C=O) groups excluding carboxylic acids is 2. The second kappa shape index (κ2) is 7.44. The number of fused-ring (bicyclic) bond motifs is 1. The Hall–Kier alpha value is -1.10. The van der Waals surface area contributed by atoms with E-state index in [2.05, 4.69) is 0 Å². The molecule has 0 aromatic carbocycles. The monoisotopic (exact) mass is 312 g/mol. The molecule has 1 aliphatic carbocycles. The summed E-state index contributed by atoms with van der Waals surface area (Å²) in [5.41, 5.74) is -0.123. The van der Waals surface area contributed by atoms with Crippen LogP contribution >= 0.6 is 0 Å². The molecule has 0 aromatic rings. The van der Waals surface area contributed by atoms with Crippen molar-refractivity contribution < 1.29 is 23.8 Å². The van der Waals surface area contributed by atoms with Crippen LogP contribution in [0.15, 0.2) is 0 Å². The van der Waals surface area contributed by atoms with Gasteiger partial charge in [-0.1, -0.05) is 20.8 Å². The third kappa shape index (κ3) is 5.59. The summed E-state index contributed by atoms with van der Waals surface area (Å²) < 4.78 is 15.8. The number of ether oxygens (including phenoxy) is 3. The van der Waals surface area contributed by atoms with E-state index < -0.39 is 0 Å². The van der Waals surface area contributed by atoms with Gasteiger partial charge in [-0.2, -0.15) is 0 Å². The molecule has 2 rings (SSSR count). The molecule has 0 aromatic heterocycles. The van der Waals surface area contributed by atoms with Crippen molar-refractivity contribution in [2.45, 2.75) is 65.1 Å². The predicted molar refractivity (Wildman–Crippen MR) is 81.2 cm³/mol. The van der Waals surface area contributed by atoms with Crippen LogP contribution in [0.25, 0.3) is 0 Å². The lowest BCUT2D eigenvalue weighted by Gasteiger charge is -2.26. The van der Waals surface area contributed by atoms with Crippen LogP contribution in [0.3, 0.4) is 0 Å². The summed E-state index contributed by atoms with van der Waals surface area (Å²) in [6, 6.07) is 0. The van der Waals surface area contributed by atoms with Crippen LogP contribution in [0.2, 0.25) is 0 Å². The molecule has 4 unspecified atom stereocenters. The van der Waals surface area contributed by atoms with Crippen molar-refractivity contribution >= 4 is 12.4 Å². The Bertz CT molecular complexity index is 393. The third-order valence-corrected chi connectivity index (χ3v) is 4.55. The van der Waals surface area contributed by atoms with Crippen LogP contribution in [0.1, 0.15) is 52.9 Å². The molecule has 0 amide bonds. The molecule has 1 saturated heterocycles. The van der Waals surface area contributed by atoms with E-state index in [0.29, 0.717) is 44.2 Å². The molecule has 2 aliphatic rings. The first-order valence-electron chi connectivity index (χ1n) is 8.26. The average molecular weight is 312 g/mol. The molecular weight excluding hydrogens is 284 g/mol. The van der Waals surface area contributed by atoms with Gasteiger partial charge >= 0.3 is 5.97 Å². The Morgan fingerprint density at radius 3 is 2.82 bits per heavy atom. The molecule has 1 heterocycles. The third-order valence-electron chi connectivity index (χ3n) is 4.55. The molecule has 0 radical (unpaired) electrons. The molecule has 22 heavy (non-hydrogen) atoms. The van der Waals surface area contributed by atoms with Gasteiger partial charge in [0.25, 0.3) is 6.47 Å². The fourth-order valence-corrected chi connectivity index (χ4v) is 3.53. The van der Waals surface area contributed by atoms with E-state index in [0.717, 1.165) is 25.7 Å². The fraction of sp³-hybridized carbons (Fsp3) is 0.882. The maximum atomic E-state index is 11.9. The number of hydrogen-bond donors (Lipinski definition) is 0. The maximum absolute atomic E-state index is 11.9. The Morgan fingerprint density at radius 1 is 1.36 bits per heavy atom. The quantitative estimate of drug-likeness (QED) is 0.372. The molecule has 0 bridgehead atoms. The molecule has 5 heteroatoms. The molecule has 4 atom stereocenters. The normalized spacial score (nSPS) is 28.4. The van der Waals surface area contributed by atoms with Crippen molar-refractivity contribution in [3.05, 3.63) is 0 Å². The van der Waals surface area contributed by atoms with Crippen molar-refractivity contribution in [1.29, 1.82) is 0 Å². The fourth-order valence-electron chi connectivity index (χ4n) is 3.53. The highest BCUT2D eigenvalue weighted by molar-refractivity contribution is 5.69. The van der Waals surface area contributed by atoms with Gasteiger partial charge in [0.1, 0.15) is 0 Å². The van der Waals surface area contributed by atoms with Crippen LogP contribution in [-0.2, 0) is 23.8 Å². The largest absolute Gasteiger partial charge is 0.467 e. The summed E-state index contributed by atoms with van der Waals surface area (Å²) in [4.78, 5) is 22.2. The van der Waals surface area contributed by atoms with Gasteiger partial charge in [0.15, 0.2) is 0 Å². The van der Waals surface area contributed by atoms with E-state index in [1.807, 2.05) is 20.8 Å². The zero-order valence-corrected chi connectivity index (χ0v) is 13.9. The van der Waals surface area contributed by atoms with Gasteiger partial charge in [-0.3, -0.25) is 9.59 Å². The number of esters is 1. The molecule has 1 aliphatic heterocycles. The minimum atomic E-state index is -0.126. The first kappa shape index (κ1) is 17.3. The van der Waals surface area contributed by atoms with Crippen molar-refractivity contribution in [2.75, 3.05) is 13.2 Å². The van der Waals surface area contributed by atoms with E-state index >= 15 is 0 Å². The summed E-state index contributed by atoms with van der Waals surface area (Å²) >= 11 is 0. The highest BCUT2D eigenvalue weighted by Gasteiger charge is 2.44. The van der Waals surface area contributed by atoms with E-state index in [9.17, 15) is 9.59 Å². The first-order valence-corrected chi connectivity index (χ1v) is 8.26. The summed E-state index contributed by atoms with van der Waals surface area (Å²) in [6.45, 7) is 7.47. The van der Waals surface area contributed by atoms with Crippen LogP contribution in [0.5, 0.6) is 0 Å². The zero-order valence-electron chi connectivity index (χ0n) is 13.9. The number of carbonyl (C=O) groups is 2. The lowest BCUT2D eigenvalue weighted by Crippen LogP contribution is -2.24. The van der Waals surface area contributed by atoms with E-state index in [4.69, 9.17) is 14.2 Å². The predicted octanol–water partition coefficient (Wildman–Crippen LogP) is 2.71. The smallest absolute Gasteiger partial charge is 0.306 e. The molecule has 1 saturated carbocycles. The van der Waals surface area contributed by atoms with E-state index in [-0.39, 0.29) is 17.3 Å². The van der Waals surface area contributed by atoms with E-state index in [1.54, 1.807) is 0 Å². The number of rotatable bonds is 9. The average Bonchev–Trinajstić information content (AvgIpc) is 3.20. The highest BCUT2D eigenvalue weighted by Crippen LogP contribution is 2.39. The first-order chi connectivity index (χ1) is 10.4.